The molecule has 0 fully saturated rings. The summed E-state index contributed by atoms with van der Waals surface area (Å²) in [5, 5.41) is 0.361. The molecule has 132 valence electrons. The average molecular weight is 353 g/mol. The second-order valence-electron chi connectivity index (χ2n) is 6.35. The van der Waals surface area contributed by atoms with Gasteiger partial charge in [-0.15, -0.1) is 0 Å². The van der Waals surface area contributed by atoms with Crippen LogP contribution in [0.5, 0.6) is 0 Å². The molecule has 7 heteroatoms. The van der Waals surface area contributed by atoms with Crippen molar-refractivity contribution in [2.75, 3.05) is 6.54 Å². The number of carbonyl (C=O) groups is 1. The summed E-state index contributed by atoms with van der Waals surface area (Å²) in [6.07, 6.45) is 0.543. The van der Waals surface area contributed by atoms with Crippen LogP contribution < -0.4 is 11.2 Å². The zero-order valence-corrected chi connectivity index (χ0v) is 13.9. The van der Waals surface area contributed by atoms with Crippen LogP contribution in [-0.4, -0.2) is 26.9 Å². The van der Waals surface area contributed by atoms with Crippen LogP contribution in [0.3, 0.4) is 0 Å². The maximum Gasteiger partial charge on any atom is 0.329 e. The number of fused-ring (bicyclic) bond motifs is 2. The summed E-state index contributed by atoms with van der Waals surface area (Å²) in [4.78, 5) is 41.6. The number of aromatic nitrogens is 2. The minimum Gasteiger partial charge on any atom is -0.336 e. The lowest BCUT2D eigenvalue weighted by Gasteiger charge is -2.29. The maximum atomic E-state index is 13.3. The van der Waals surface area contributed by atoms with E-state index in [0.29, 0.717) is 30.4 Å². The van der Waals surface area contributed by atoms with E-state index >= 15 is 0 Å². The summed E-state index contributed by atoms with van der Waals surface area (Å²) < 4.78 is 14.2. The van der Waals surface area contributed by atoms with Gasteiger partial charge in [-0.3, -0.25) is 14.2 Å². The molecule has 0 aliphatic carbocycles. The highest BCUT2D eigenvalue weighted by Gasteiger charge is 2.22. The monoisotopic (exact) mass is 353 g/mol. The molecule has 1 N–H and O–H groups in total. The van der Waals surface area contributed by atoms with Gasteiger partial charge in [-0.05, 0) is 41.8 Å². The fraction of sp³-hybridized carbons (Fsp3) is 0.211. The fourth-order valence-electron chi connectivity index (χ4n) is 3.31. The quantitative estimate of drug-likeness (QED) is 0.757. The second-order valence-corrected chi connectivity index (χ2v) is 6.35. The number of rotatable bonds is 2. The van der Waals surface area contributed by atoms with Crippen molar-refractivity contribution in [3.05, 3.63) is 80.2 Å². The summed E-state index contributed by atoms with van der Waals surface area (Å²) in [5.41, 5.74) is 1.11. The molecule has 0 atom stereocenters. The highest BCUT2D eigenvalue weighted by molar-refractivity contribution is 5.79. The van der Waals surface area contributed by atoms with Crippen molar-refractivity contribution in [3.63, 3.8) is 0 Å². The smallest absolute Gasteiger partial charge is 0.329 e. The lowest BCUT2D eigenvalue weighted by Crippen LogP contribution is -2.43. The van der Waals surface area contributed by atoms with Gasteiger partial charge in [-0.25, -0.2) is 9.18 Å². The Morgan fingerprint density at radius 3 is 2.77 bits per heavy atom. The molecule has 0 bridgehead atoms. The molecule has 2 aromatic carbocycles. The van der Waals surface area contributed by atoms with Crippen LogP contribution in [0.1, 0.15) is 11.1 Å². The SMILES string of the molecule is O=C(Cn1c(=O)[nH]c2ccccc2c1=O)N1CCc2cc(F)ccc2C1. The third kappa shape index (κ3) is 2.81. The summed E-state index contributed by atoms with van der Waals surface area (Å²) in [6, 6.07) is 11.2. The van der Waals surface area contributed by atoms with Crippen LogP contribution in [0.4, 0.5) is 4.39 Å². The number of halogens is 1. The molecule has 0 saturated carbocycles. The molecule has 1 amide bonds. The average Bonchev–Trinajstić information content (AvgIpc) is 2.64. The molecule has 4 rings (SSSR count). The first-order valence-corrected chi connectivity index (χ1v) is 8.30. The summed E-state index contributed by atoms with van der Waals surface area (Å²) >= 11 is 0. The van der Waals surface area contributed by atoms with Crippen LogP contribution in [0.2, 0.25) is 0 Å². The Morgan fingerprint density at radius 2 is 1.92 bits per heavy atom. The van der Waals surface area contributed by atoms with E-state index in [1.54, 1.807) is 35.2 Å². The highest BCUT2D eigenvalue weighted by Crippen LogP contribution is 2.20. The van der Waals surface area contributed by atoms with Gasteiger partial charge in [0.05, 0.1) is 10.9 Å². The van der Waals surface area contributed by atoms with Crippen molar-refractivity contribution in [3.8, 4) is 0 Å². The zero-order valence-electron chi connectivity index (χ0n) is 13.9. The first-order valence-electron chi connectivity index (χ1n) is 8.30. The van der Waals surface area contributed by atoms with Crippen molar-refractivity contribution in [2.24, 2.45) is 0 Å². The van der Waals surface area contributed by atoms with Gasteiger partial charge in [0.2, 0.25) is 5.91 Å². The number of benzene rings is 2. The second kappa shape index (κ2) is 6.25. The Morgan fingerprint density at radius 1 is 1.12 bits per heavy atom. The molecule has 0 unspecified atom stereocenters. The third-order valence-corrected chi connectivity index (χ3v) is 4.72. The van der Waals surface area contributed by atoms with E-state index in [2.05, 4.69) is 4.98 Å². The van der Waals surface area contributed by atoms with E-state index in [0.717, 1.165) is 15.7 Å². The van der Waals surface area contributed by atoms with Crippen LogP contribution in [0, 0.1) is 5.82 Å². The number of carbonyl (C=O) groups excluding carboxylic acids is 1. The number of hydrogen-bond acceptors (Lipinski definition) is 3. The zero-order chi connectivity index (χ0) is 18.3. The first-order chi connectivity index (χ1) is 12.5. The van der Waals surface area contributed by atoms with Gasteiger partial charge >= 0.3 is 5.69 Å². The molecular formula is C19H16FN3O3. The molecule has 3 aromatic rings. The lowest BCUT2D eigenvalue weighted by atomic mass is 9.99. The number of aromatic amines is 1. The highest BCUT2D eigenvalue weighted by atomic mass is 19.1. The van der Waals surface area contributed by atoms with Gasteiger partial charge < -0.3 is 9.88 Å². The summed E-state index contributed by atoms with van der Waals surface area (Å²) in [5.74, 6) is -0.611. The van der Waals surface area contributed by atoms with E-state index in [1.165, 1.54) is 12.1 Å². The molecule has 1 aliphatic rings. The van der Waals surface area contributed by atoms with Gasteiger partial charge in [0.25, 0.3) is 5.56 Å². The number of nitrogens with one attached hydrogen (secondary N) is 1. The normalized spacial score (nSPS) is 13.7. The Bertz CT molecular complexity index is 1130. The van der Waals surface area contributed by atoms with Gasteiger partial charge in [0.15, 0.2) is 0 Å². The van der Waals surface area contributed by atoms with E-state index < -0.39 is 11.2 Å². The topological polar surface area (TPSA) is 75.2 Å². The minimum absolute atomic E-state index is 0.294. The largest absolute Gasteiger partial charge is 0.336 e. The number of nitrogens with zero attached hydrogens (tertiary/aromatic N) is 2. The molecule has 0 spiro atoms. The number of amides is 1. The summed E-state index contributed by atoms with van der Waals surface area (Å²) in [7, 11) is 0. The Labute approximate surface area is 147 Å². The predicted octanol–water partition coefficient (Wildman–Crippen LogP) is 1.41. The third-order valence-electron chi connectivity index (χ3n) is 4.72. The Kier molecular flexibility index (Phi) is 3.91. The van der Waals surface area contributed by atoms with Crippen LogP contribution in [0.25, 0.3) is 10.9 Å². The van der Waals surface area contributed by atoms with E-state index in [-0.39, 0.29) is 18.3 Å². The van der Waals surface area contributed by atoms with Gasteiger partial charge in [0.1, 0.15) is 12.4 Å². The van der Waals surface area contributed by atoms with E-state index in [4.69, 9.17) is 0 Å². The van der Waals surface area contributed by atoms with Crippen LogP contribution >= 0.6 is 0 Å². The predicted molar refractivity (Wildman–Crippen MR) is 94.3 cm³/mol. The Hall–Kier alpha value is -3.22. The van der Waals surface area contributed by atoms with E-state index in [1.807, 2.05) is 0 Å². The van der Waals surface area contributed by atoms with Crippen molar-refractivity contribution < 1.29 is 9.18 Å². The van der Waals surface area contributed by atoms with Crippen molar-refractivity contribution in [1.82, 2.24) is 14.5 Å². The van der Waals surface area contributed by atoms with Crippen molar-refractivity contribution >= 4 is 16.8 Å². The Balaban J connectivity index is 1.61. The van der Waals surface area contributed by atoms with Crippen LogP contribution in [-0.2, 0) is 24.3 Å². The maximum absolute atomic E-state index is 13.3. The van der Waals surface area contributed by atoms with Crippen molar-refractivity contribution in [2.45, 2.75) is 19.5 Å². The molecule has 6 nitrogen and oxygen atoms in total. The molecule has 0 saturated heterocycles. The van der Waals surface area contributed by atoms with Crippen LogP contribution in [0.15, 0.2) is 52.1 Å². The molecule has 0 radical (unpaired) electrons. The number of hydrogen-bond donors (Lipinski definition) is 1. The minimum atomic E-state index is -0.610. The van der Waals surface area contributed by atoms with Crippen molar-refractivity contribution in [1.29, 1.82) is 0 Å². The van der Waals surface area contributed by atoms with Gasteiger partial charge in [0, 0.05) is 13.1 Å². The molecule has 1 aliphatic heterocycles. The number of para-hydroxylation sites is 1. The lowest BCUT2D eigenvalue weighted by molar-refractivity contribution is -0.132. The van der Waals surface area contributed by atoms with E-state index in [9.17, 15) is 18.8 Å². The standard InChI is InChI=1S/C19H16FN3O3/c20-14-6-5-13-10-22(8-7-12(13)9-14)17(24)11-23-18(25)15-3-1-2-4-16(15)21-19(23)26/h1-6,9H,7-8,10-11H2,(H,21,26). The van der Waals surface area contributed by atoms with Gasteiger partial charge in [-0.2, -0.15) is 0 Å². The molecule has 26 heavy (non-hydrogen) atoms. The molecular weight excluding hydrogens is 337 g/mol. The van der Waals surface area contributed by atoms with Gasteiger partial charge in [-0.1, -0.05) is 18.2 Å². The molecule has 2 heterocycles. The number of H-pyrrole nitrogens is 1. The molecule has 1 aromatic heterocycles. The first kappa shape index (κ1) is 16.3. The fourth-order valence-corrected chi connectivity index (χ4v) is 3.31. The summed E-state index contributed by atoms with van der Waals surface area (Å²) in [6.45, 7) is 0.444.